The van der Waals surface area contributed by atoms with Gasteiger partial charge in [-0.1, -0.05) is 42.5 Å². The van der Waals surface area contributed by atoms with Gasteiger partial charge in [0.2, 0.25) is 10.0 Å². The van der Waals surface area contributed by atoms with Crippen LogP contribution in [0.15, 0.2) is 84.0 Å². The standard InChI is InChI=1S/C25H25N3O4S/c1-31-22-10-8-18(16-23(22)32-2)19-9-11-24(21-7-4-3-6-20(19)21)33(29,30)27-25-12-5-14-28(25)15-13-26-17-25/h3-13,15-16,26-27H,14,17H2,1-2H3. The van der Waals surface area contributed by atoms with Crippen LogP contribution in [-0.2, 0) is 10.0 Å². The summed E-state index contributed by atoms with van der Waals surface area (Å²) in [6, 6.07) is 16.7. The lowest BCUT2D eigenvalue weighted by atomic mass is 9.98. The molecule has 2 heterocycles. The Balaban J connectivity index is 1.60. The SMILES string of the molecule is COc1ccc(-c2ccc(S(=O)(=O)NC34C=CCN3C=CNC4)c3ccccc23)cc1OC. The summed E-state index contributed by atoms with van der Waals surface area (Å²) >= 11 is 0. The van der Waals surface area contributed by atoms with E-state index in [1.54, 1.807) is 20.3 Å². The number of sulfonamides is 1. The Bertz CT molecular complexity index is 1380. The van der Waals surface area contributed by atoms with E-state index in [0.29, 0.717) is 30.0 Å². The second-order valence-electron chi connectivity index (χ2n) is 8.01. The molecule has 7 nitrogen and oxygen atoms in total. The molecule has 0 fully saturated rings. The number of hydrogen-bond donors (Lipinski definition) is 2. The minimum atomic E-state index is -3.83. The predicted molar refractivity (Wildman–Crippen MR) is 129 cm³/mol. The van der Waals surface area contributed by atoms with E-state index in [1.807, 2.05) is 78.0 Å². The van der Waals surface area contributed by atoms with E-state index < -0.39 is 15.7 Å². The molecule has 1 atom stereocenters. The predicted octanol–water partition coefficient (Wildman–Crippen LogP) is 3.44. The largest absolute Gasteiger partial charge is 0.493 e. The Morgan fingerprint density at radius 3 is 2.58 bits per heavy atom. The fourth-order valence-electron chi connectivity index (χ4n) is 4.51. The molecule has 0 spiro atoms. The number of nitrogens with one attached hydrogen (secondary N) is 2. The van der Waals surface area contributed by atoms with Gasteiger partial charge in [-0.2, -0.15) is 4.72 Å². The van der Waals surface area contributed by atoms with Crippen LogP contribution in [0.25, 0.3) is 21.9 Å². The Hall–Kier alpha value is -3.49. The van der Waals surface area contributed by atoms with Gasteiger partial charge in [-0.15, -0.1) is 0 Å². The summed E-state index contributed by atoms with van der Waals surface area (Å²) in [6.07, 6.45) is 7.57. The van der Waals surface area contributed by atoms with Crippen LogP contribution in [0.5, 0.6) is 11.5 Å². The van der Waals surface area contributed by atoms with Crippen molar-refractivity contribution in [2.75, 3.05) is 27.3 Å². The number of fused-ring (bicyclic) bond motifs is 2. The van der Waals surface area contributed by atoms with Gasteiger partial charge in [0.15, 0.2) is 11.5 Å². The molecule has 3 aromatic rings. The molecule has 0 saturated carbocycles. The van der Waals surface area contributed by atoms with Crippen LogP contribution in [0.2, 0.25) is 0 Å². The number of methoxy groups -OCH3 is 2. The Labute approximate surface area is 193 Å². The molecule has 170 valence electrons. The first-order valence-electron chi connectivity index (χ1n) is 10.6. The van der Waals surface area contributed by atoms with Gasteiger partial charge < -0.3 is 19.7 Å². The summed E-state index contributed by atoms with van der Waals surface area (Å²) < 4.78 is 41.0. The van der Waals surface area contributed by atoms with E-state index >= 15 is 0 Å². The highest BCUT2D eigenvalue weighted by molar-refractivity contribution is 7.89. The van der Waals surface area contributed by atoms with Crippen LogP contribution >= 0.6 is 0 Å². The van der Waals surface area contributed by atoms with Crippen molar-refractivity contribution in [3.8, 4) is 22.6 Å². The van der Waals surface area contributed by atoms with Crippen LogP contribution in [0.4, 0.5) is 0 Å². The monoisotopic (exact) mass is 463 g/mol. The summed E-state index contributed by atoms with van der Waals surface area (Å²) in [5.41, 5.74) is 0.996. The van der Waals surface area contributed by atoms with Gasteiger partial charge in [0.1, 0.15) is 5.66 Å². The highest BCUT2D eigenvalue weighted by Crippen LogP contribution is 2.37. The maximum Gasteiger partial charge on any atom is 0.243 e. The average Bonchev–Trinajstić information content (AvgIpc) is 3.25. The Morgan fingerprint density at radius 2 is 1.79 bits per heavy atom. The summed E-state index contributed by atoms with van der Waals surface area (Å²) in [7, 11) is -0.645. The van der Waals surface area contributed by atoms with Crippen LogP contribution in [0.3, 0.4) is 0 Å². The fraction of sp³-hybridized carbons (Fsp3) is 0.200. The van der Waals surface area contributed by atoms with Gasteiger partial charge in [0.25, 0.3) is 0 Å². The summed E-state index contributed by atoms with van der Waals surface area (Å²) in [5.74, 6) is 1.25. The topological polar surface area (TPSA) is 79.9 Å². The van der Waals surface area contributed by atoms with Crippen molar-refractivity contribution >= 4 is 20.8 Å². The average molecular weight is 464 g/mol. The third-order valence-electron chi connectivity index (χ3n) is 6.13. The molecule has 0 aliphatic carbocycles. The summed E-state index contributed by atoms with van der Waals surface area (Å²) in [5, 5.41) is 4.63. The first-order chi connectivity index (χ1) is 16.0. The molecule has 2 aliphatic heterocycles. The van der Waals surface area contributed by atoms with Crippen molar-refractivity contribution in [1.82, 2.24) is 14.9 Å². The second-order valence-corrected chi connectivity index (χ2v) is 9.66. The maximum absolute atomic E-state index is 13.6. The van der Waals surface area contributed by atoms with Crippen molar-refractivity contribution in [2.45, 2.75) is 10.6 Å². The Morgan fingerprint density at radius 1 is 1.00 bits per heavy atom. The van der Waals surface area contributed by atoms with Crippen LogP contribution < -0.4 is 19.5 Å². The number of nitrogens with zero attached hydrogens (tertiary/aromatic N) is 1. The number of hydrogen-bond acceptors (Lipinski definition) is 6. The quantitative estimate of drug-likeness (QED) is 0.545. The lowest BCUT2D eigenvalue weighted by molar-refractivity contribution is 0.204. The zero-order valence-electron chi connectivity index (χ0n) is 18.4. The maximum atomic E-state index is 13.6. The minimum absolute atomic E-state index is 0.242. The van der Waals surface area contributed by atoms with Crippen molar-refractivity contribution < 1.29 is 17.9 Å². The molecule has 0 bridgehead atoms. The smallest absolute Gasteiger partial charge is 0.243 e. The van der Waals surface area contributed by atoms with E-state index in [1.165, 1.54) is 0 Å². The van der Waals surface area contributed by atoms with E-state index in [-0.39, 0.29) is 4.90 Å². The number of benzene rings is 3. The van der Waals surface area contributed by atoms with Crippen LogP contribution in [-0.4, -0.2) is 46.3 Å². The van der Waals surface area contributed by atoms with Gasteiger partial charge in [0.05, 0.1) is 25.7 Å². The van der Waals surface area contributed by atoms with Gasteiger partial charge in [0, 0.05) is 24.3 Å². The molecule has 5 rings (SSSR count). The molecule has 0 amide bonds. The highest BCUT2D eigenvalue weighted by Gasteiger charge is 2.41. The number of ether oxygens (including phenoxy) is 2. The van der Waals surface area contributed by atoms with Crippen LogP contribution in [0, 0.1) is 0 Å². The van der Waals surface area contributed by atoms with Gasteiger partial charge in [-0.25, -0.2) is 8.42 Å². The minimum Gasteiger partial charge on any atom is -0.493 e. The second kappa shape index (κ2) is 8.13. The van der Waals surface area contributed by atoms with Gasteiger partial charge >= 0.3 is 0 Å². The molecule has 8 heteroatoms. The molecule has 0 saturated heterocycles. The van der Waals surface area contributed by atoms with Crippen LogP contribution in [0.1, 0.15) is 0 Å². The third kappa shape index (κ3) is 3.61. The van der Waals surface area contributed by atoms with Gasteiger partial charge in [-0.3, -0.25) is 0 Å². The molecule has 2 N–H and O–H groups in total. The molecular formula is C25H25N3O4S. The summed E-state index contributed by atoms with van der Waals surface area (Å²) in [6.45, 7) is 1.10. The molecule has 33 heavy (non-hydrogen) atoms. The highest BCUT2D eigenvalue weighted by atomic mass is 32.2. The van der Waals surface area contributed by atoms with E-state index in [4.69, 9.17) is 9.47 Å². The molecular weight excluding hydrogens is 438 g/mol. The van der Waals surface area contributed by atoms with E-state index in [2.05, 4.69) is 10.0 Å². The lowest BCUT2D eigenvalue weighted by Gasteiger charge is -2.40. The van der Waals surface area contributed by atoms with Crippen molar-refractivity contribution in [2.24, 2.45) is 0 Å². The third-order valence-corrected chi connectivity index (χ3v) is 7.69. The zero-order valence-corrected chi connectivity index (χ0v) is 19.2. The normalized spacial score (nSPS) is 19.4. The van der Waals surface area contributed by atoms with E-state index in [9.17, 15) is 8.42 Å². The molecule has 1 unspecified atom stereocenters. The van der Waals surface area contributed by atoms with Gasteiger partial charge in [-0.05, 0) is 40.8 Å². The summed E-state index contributed by atoms with van der Waals surface area (Å²) in [4.78, 5) is 2.22. The molecule has 0 aromatic heterocycles. The first kappa shape index (κ1) is 21.4. The van der Waals surface area contributed by atoms with E-state index in [0.717, 1.165) is 16.5 Å². The van der Waals surface area contributed by atoms with Crippen molar-refractivity contribution in [3.63, 3.8) is 0 Å². The first-order valence-corrected chi connectivity index (χ1v) is 12.1. The molecule has 0 radical (unpaired) electrons. The molecule has 2 aliphatic rings. The zero-order chi connectivity index (χ0) is 23.1. The lowest BCUT2D eigenvalue weighted by Crippen LogP contribution is -2.61. The Kier molecular flexibility index (Phi) is 5.26. The molecule has 3 aromatic carbocycles. The van der Waals surface area contributed by atoms with Crippen molar-refractivity contribution in [3.05, 3.63) is 79.1 Å². The van der Waals surface area contributed by atoms with Crippen molar-refractivity contribution in [1.29, 1.82) is 0 Å². The fourth-order valence-corrected chi connectivity index (χ4v) is 6.06. The number of rotatable bonds is 6.